The Morgan fingerprint density at radius 1 is 1.45 bits per heavy atom. The highest BCUT2D eigenvalue weighted by Crippen LogP contribution is 2.16. The van der Waals surface area contributed by atoms with Crippen molar-refractivity contribution in [3.05, 3.63) is 30.1 Å². The number of hydrogen-bond acceptors (Lipinski definition) is 3. The molecule has 0 aromatic carbocycles. The molecule has 5 nitrogen and oxygen atoms in total. The highest BCUT2D eigenvalue weighted by molar-refractivity contribution is 5.87. The first-order valence-electron chi connectivity index (χ1n) is 6.98. The van der Waals surface area contributed by atoms with Crippen molar-refractivity contribution in [2.45, 2.75) is 38.7 Å². The topological polar surface area (TPSA) is 78.0 Å². The van der Waals surface area contributed by atoms with Crippen molar-refractivity contribution < 1.29 is 9.90 Å². The maximum absolute atomic E-state index is 12.0. The third-order valence-electron chi connectivity index (χ3n) is 3.82. The molecule has 2 heterocycles. The lowest BCUT2D eigenvalue weighted by atomic mass is 9.97. The number of aromatic nitrogens is 2. The van der Waals surface area contributed by atoms with E-state index in [1.54, 1.807) is 6.20 Å². The largest absolute Gasteiger partial charge is 0.388 e. The van der Waals surface area contributed by atoms with Gasteiger partial charge in [0.1, 0.15) is 5.65 Å². The fourth-order valence-electron chi connectivity index (χ4n) is 2.16. The lowest BCUT2D eigenvalue weighted by Crippen LogP contribution is -2.42. The van der Waals surface area contributed by atoms with Crippen LogP contribution in [0, 0.1) is 0 Å². The summed E-state index contributed by atoms with van der Waals surface area (Å²) in [6, 6.07) is 3.79. The van der Waals surface area contributed by atoms with Crippen LogP contribution in [-0.4, -0.2) is 33.1 Å². The van der Waals surface area contributed by atoms with Gasteiger partial charge in [0.05, 0.1) is 12.0 Å². The monoisotopic (exact) mass is 275 g/mol. The number of aliphatic hydroxyl groups is 1. The lowest BCUT2D eigenvalue weighted by Gasteiger charge is -2.25. The Bertz CT molecular complexity index is 588. The van der Waals surface area contributed by atoms with E-state index in [2.05, 4.69) is 15.3 Å². The summed E-state index contributed by atoms with van der Waals surface area (Å²) in [5.41, 5.74) is 0.897. The highest BCUT2D eigenvalue weighted by Gasteiger charge is 2.22. The fraction of sp³-hybridized carbons (Fsp3) is 0.467. The molecule has 2 aromatic rings. The van der Waals surface area contributed by atoms with E-state index in [0.717, 1.165) is 16.6 Å². The summed E-state index contributed by atoms with van der Waals surface area (Å²) >= 11 is 0. The van der Waals surface area contributed by atoms with Gasteiger partial charge in [0.2, 0.25) is 5.91 Å². The molecule has 0 aliphatic carbocycles. The first kappa shape index (κ1) is 14.5. The Morgan fingerprint density at radius 2 is 2.20 bits per heavy atom. The SMILES string of the molecule is CCC(O)(CC)CNC(=O)Cc1c[nH]c2ncccc12. The molecule has 20 heavy (non-hydrogen) atoms. The average molecular weight is 275 g/mol. The van der Waals surface area contributed by atoms with Crippen molar-refractivity contribution in [2.75, 3.05) is 6.54 Å². The van der Waals surface area contributed by atoms with Crippen LogP contribution in [0.4, 0.5) is 0 Å². The molecule has 2 rings (SSSR count). The molecule has 0 saturated carbocycles. The van der Waals surface area contributed by atoms with Gasteiger partial charge in [-0.2, -0.15) is 0 Å². The number of aromatic amines is 1. The number of fused-ring (bicyclic) bond motifs is 1. The molecule has 3 N–H and O–H groups in total. The van der Waals surface area contributed by atoms with Gasteiger partial charge in [-0.1, -0.05) is 13.8 Å². The summed E-state index contributed by atoms with van der Waals surface area (Å²) in [6.45, 7) is 4.13. The van der Waals surface area contributed by atoms with Gasteiger partial charge >= 0.3 is 0 Å². The predicted octanol–water partition coefficient (Wildman–Crippen LogP) is 1.77. The van der Waals surface area contributed by atoms with Crippen LogP contribution >= 0.6 is 0 Å². The van der Waals surface area contributed by atoms with Crippen molar-refractivity contribution in [3.8, 4) is 0 Å². The number of H-pyrrole nitrogens is 1. The Balaban J connectivity index is 1.98. The van der Waals surface area contributed by atoms with Gasteiger partial charge in [-0.05, 0) is 30.5 Å². The van der Waals surface area contributed by atoms with E-state index in [1.165, 1.54) is 0 Å². The van der Waals surface area contributed by atoms with Crippen molar-refractivity contribution in [1.29, 1.82) is 0 Å². The van der Waals surface area contributed by atoms with Crippen molar-refractivity contribution in [1.82, 2.24) is 15.3 Å². The second-order valence-corrected chi connectivity index (χ2v) is 5.10. The third kappa shape index (κ3) is 3.17. The minimum atomic E-state index is -0.808. The molecule has 108 valence electrons. The van der Waals surface area contributed by atoms with Gasteiger partial charge in [0.25, 0.3) is 0 Å². The van der Waals surface area contributed by atoms with Crippen molar-refractivity contribution in [3.63, 3.8) is 0 Å². The Kier molecular flexibility index (Phi) is 4.39. The predicted molar refractivity (Wildman–Crippen MR) is 78.3 cm³/mol. The molecule has 0 unspecified atom stereocenters. The van der Waals surface area contributed by atoms with Gasteiger partial charge in [0.15, 0.2) is 0 Å². The molecule has 0 bridgehead atoms. The van der Waals surface area contributed by atoms with E-state index in [4.69, 9.17) is 0 Å². The molecule has 0 fully saturated rings. The van der Waals surface area contributed by atoms with Crippen LogP contribution in [-0.2, 0) is 11.2 Å². The number of carbonyl (C=O) groups excluding carboxylic acids is 1. The number of nitrogens with one attached hydrogen (secondary N) is 2. The molecule has 0 aliphatic heterocycles. The van der Waals surface area contributed by atoms with E-state index in [1.807, 2.05) is 32.2 Å². The number of pyridine rings is 1. The fourth-order valence-corrected chi connectivity index (χ4v) is 2.16. The Labute approximate surface area is 118 Å². The Morgan fingerprint density at radius 3 is 2.90 bits per heavy atom. The maximum atomic E-state index is 12.0. The summed E-state index contributed by atoms with van der Waals surface area (Å²) in [6.07, 6.45) is 5.06. The van der Waals surface area contributed by atoms with Gasteiger partial charge in [-0.3, -0.25) is 4.79 Å². The van der Waals surface area contributed by atoms with Crippen molar-refractivity contribution in [2.24, 2.45) is 0 Å². The summed E-state index contributed by atoms with van der Waals surface area (Å²) in [4.78, 5) is 19.2. The second kappa shape index (κ2) is 6.05. The summed E-state index contributed by atoms with van der Waals surface area (Å²) in [5.74, 6) is -0.0879. The van der Waals surface area contributed by atoms with Crippen LogP contribution in [0.15, 0.2) is 24.5 Å². The summed E-state index contributed by atoms with van der Waals surface area (Å²) < 4.78 is 0. The molecule has 2 aromatic heterocycles. The molecule has 0 atom stereocenters. The quantitative estimate of drug-likeness (QED) is 0.752. The smallest absolute Gasteiger partial charge is 0.224 e. The molecule has 5 heteroatoms. The van der Waals surface area contributed by atoms with Gasteiger partial charge in [0, 0.05) is 24.3 Å². The van der Waals surface area contributed by atoms with Gasteiger partial charge < -0.3 is 15.4 Å². The van der Waals surface area contributed by atoms with Crippen LogP contribution in [0.25, 0.3) is 11.0 Å². The average Bonchev–Trinajstić information content (AvgIpc) is 2.88. The third-order valence-corrected chi connectivity index (χ3v) is 3.82. The zero-order valence-corrected chi connectivity index (χ0v) is 11.9. The van der Waals surface area contributed by atoms with Gasteiger partial charge in [-0.25, -0.2) is 4.98 Å². The van der Waals surface area contributed by atoms with E-state index in [9.17, 15) is 9.90 Å². The highest BCUT2D eigenvalue weighted by atomic mass is 16.3. The van der Waals surface area contributed by atoms with Crippen LogP contribution in [0.3, 0.4) is 0 Å². The Hall–Kier alpha value is -1.88. The minimum Gasteiger partial charge on any atom is -0.388 e. The molecule has 0 saturated heterocycles. The first-order chi connectivity index (χ1) is 9.58. The lowest BCUT2D eigenvalue weighted by molar-refractivity contribution is -0.121. The normalized spacial score (nSPS) is 11.8. The summed E-state index contributed by atoms with van der Waals surface area (Å²) in [5, 5.41) is 13.9. The minimum absolute atomic E-state index is 0.0879. The van der Waals surface area contributed by atoms with Crippen LogP contribution in [0.5, 0.6) is 0 Å². The second-order valence-electron chi connectivity index (χ2n) is 5.10. The van der Waals surface area contributed by atoms with E-state index < -0.39 is 5.60 Å². The molecule has 1 amide bonds. The van der Waals surface area contributed by atoms with E-state index in [0.29, 0.717) is 19.4 Å². The molecule has 0 spiro atoms. The number of rotatable bonds is 6. The molecular weight excluding hydrogens is 254 g/mol. The van der Waals surface area contributed by atoms with Gasteiger partial charge in [-0.15, -0.1) is 0 Å². The number of amides is 1. The van der Waals surface area contributed by atoms with Crippen LogP contribution < -0.4 is 5.32 Å². The van der Waals surface area contributed by atoms with E-state index in [-0.39, 0.29) is 12.3 Å². The van der Waals surface area contributed by atoms with E-state index >= 15 is 0 Å². The zero-order chi connectivity index (χ0) is 14.6. The van der Waals surface area contributed by atoms with Crippen LogP contribution in [0.2, 0.25) is 0 Å². The number of carbonyl (C=O) groups is 1. The molecule has 0 aliphatic rings. The number of nitrogens with zero attached hydrogens (tertiary/aromatic N) is 1. The first-order valence-corrected chi connectivity index (χ1v) is 6.98. The summed E-state index contributed by atoms with van der Waals surface area (Å²) in [7, 11) is 0. The maximum Gasteiger partial charge on any atom is 0.224 e. The molecular formula is C15H21N3O2. The van der Waals surface area contributed by atoms with Crippen LogP contribution in [0.1, 0.15) is 32.3 Å². The number of hydrogen-bond donors (Lipinski definition) is 3. The van der Waals surface area contributed by atoms with Crippen molar-refractivity contribution >= 4 is 16.9 Å². The standard InChI is InChI=1S/C15H21N3O2/c1-3-15(20,4-2)10-18-13(19)8-11-9-17-14-12(11)6-5-7-16-14/h5-7,9,20H,3-4,8,10H2,1-2H3,(H,16,17)(H,18,19). The zero-order valence-electron chi connectivity index (χ0n) is 11.9. The molecule has 0 radical (unpaired) electrons.